The average molecular weight is 350 g/mol. The molecule has 0 radical (unpaired) electrons. The average Bonchev–Trinajstić information content (AvgIpc) is 3.16. The minimum Gasteiger partial charge on any atom is -0.327 e. The number of nitrogens with zero attached hydrogens (tertiary/aromatic N) is 2. The van der Waals surface area contributed by atoms with Gasteiger partial charge in [-0.05, 0) is 35.7 Å². The lowest BCUT2D eigenvalue weighted by molar-refractivity contribution is 0.974. The Kier molecular flexibility index (Phi) is 3.64. The van der Waals surface area contributed by atoms with Crippen molar-refractivity contribution in [2.45, 2.75) is 13.8 Å². The van der Waals surface area contributed by atoms with Crippen LogP contribution in [0.4, 0.5) is 11.4 Å². The van der Waals surface area contributed by atoms with Crippen molar-refractivity contribution in [3.8, 4) is 0 Å². The van der Waals surface area contributed by atoms with Crippen LogP contribution in [0.3, 0.4) is 0 Å². The van der Waals surface area contributed by atoms with E-state index < -0.39 is 0 Å². The maximum atomic E-state index is 2.36. The van der Waals surface area contributed by atoms with E-state index in [-0.39, 0.29) is 0 Å². The topological polar surface area (TPSA) is 6.48 Å². The van der Waals surface area contributed by atoms with Gasteiger partial charge in [-0.3, -0.25) is 0 Å². The predicted molar refractivity (Wildman–Crippen MR) is 116 cm³/mol. The molecule has 0 spiro atoms. The van der Waals surface area contributed by atoms with Gasteiger partial charge in [-0.1, -0.05) is 72.8 Å². The summed E-state index contributed by atoms with van der Waals surface area (Å²) in [7, 11) is 0. The maximum absolute atomic E-state index is 2.36. The molecule has 1 aliphatic heterocycles. The molecule has 4 aromatic rings. The van der Waals surface area contributed by atoms with Crippen molar-refractivity contribution < 1.29 is 0 Å². The van der Waals surface area contributed by atoms with Crippen LogP contribution in [0.2, 0.25) is 0 Å². The van der Waals surface area contributed by atoms with Gasteiger partial charge in [0.1, 0.15) is 0 Å². The van der Waals surface area contributed by atoms with E-state index in [9.17, 15) is 0 Å². The molecule has 0 fully saturated rings. The molecule has 27 heavy (non-hydrogen) atoms. The quantitative estimate of drug-likeness (QED) is 0.415. The second kappa shape index (κ2) is 6.17. The molecule has 5 rings (SSSR count). The lowest BCUT2D eigenvalue weighted by Gasteiger charge is -2.26. The number of benzene rings is 4. The molecule has 4 aromatic carbocycles. The van der Waals surface area contributed by atoms with Crippen LogP contribution in [-0.4, -0.2) is 6.67 Å². The summed E-state index contributed by atoms with van der Waals surface area (Å²) in [5.74, 6) is 0. The highest BCUT2D eigenvalue weighted by Crippen LogP contribution is 2.36. The lowest BCUT2D eigenvalue weighted by Crippen LogP contribution is -2.26. The van der Waals surface area contributed by atoms with Crippen LogP contribution in [0.5, 0.6) is 0 Å². The number of rotatable bonds is 2. The minimum absolute atomic E-state index is 0.823. The summed E-state index contributed by atoms with van der Waals surface area (Å²) in [6.07, 6.45) is 4.41. The molecule has 0 saturated carbocycles. The molecule has 1 heterocycles. The van der Waals surface area contributed by atoms with E-state index in [0.29, 0.717) is 0 Å². The van der Waals surface area contributed by atoms with Crippen LogP contribution in [0.15, 0.2) is 85.2 Å². The van der Waals surface area contributed by atoms with Crippen molar-refractivity contribution in [2.24, 2.45) is 0 Å². The zero-order valence-electron chi connectivity index (χ0n) is 15.7. The monoisotopic (exact) mass is 350 g/mol. The van der Waals surface area contributed by atoms with Crippen molar-refractivity contribution in [1.82, 2.24) is 0 Å². The lowest BCUT2D eigenvalue weighted by atomic mass is 10.0. The molecule has 0 amide bonds. The third-order valence-corrected chi connectivity index (χ3v) is 5.51. The van der Waals surface area contributed by atoms with Crippen LogP contribution in [0.1, 0.15) is 11.1 Å². The summed E-state index contributed by atoms with van der Waals surface area (Å²) in [4.78, 5) is 4.72. The van der Waals surface area contributed by atoms with Gasteiger partial charge in [0.15, 0.2) is 0 Å². The van der Waals surface area contributed by atoms with Gasteiger partial charge in [0.05, 0.1) is 18.0 Å². The molecule has 0 aromatic heterocycles. The Balaban J connectivity index is 1.59. The van der Waals surface area contributed by atoms with Crippen LogP contribution in [0.25, 0.3) is 21.5 Å². The largest absolute Gasteiger partial charge is 0.327 e. The first-order valence-electron chi connectivity index (χ1n) is 9.41. The fourth-order valence-electron chi connectivity index (χ4n) is 4.20. The third kappa shape index (κ3) is 2.57. The highest BCUT2D eigenvalue weighted by atomic mass is 15.3. The summed E-state index contributed by atoms with van der Waals surface area (Å²) < 4.78 is 0. The van der Waals surface area contributed by atoms with E-state index >= 15 is 0 Å². The molecular weight excluding hydrogens is 328 g/mol. The van der Waals surface area contributed by atoms with Crippen molar-refractivity contribution in [2.75, 3.05) is 16.5 Å². The molecule has 1 aliphatic rings. The van der Waals surface area contributed by atoms with Gasteiger partial charge >= 0.3 is 0 Å². The summed E-state index contributed by atoms with van der Waals surface area (Å²) in [6.45, 7) is 5.21. The number of hydrogen-bond acceptors (Lipinski definition) is 2. The molecule has 0 bridgehead atoms. The number of anilines is 2. The number of fused-ring (bicyclic) bond motifs is 2. The fourth-order valence-corrected chi connectivity index (χ4v) is 4.20. The van der Waals surface area contributed by atoms with Gasteiger partial charge in [0, 0.05) is 23.2 Å². The number of hydrogen-bond donors (Lipinski definition) is 0. The summed E-state index contributed by atoms with van der Waals surface area (Å²) in [6, 6.07) is 26.1. The molecule has 0 atom stereocenters. The first-order valence-corrected chi connectivity index (χ1v) is 9.41. The zero-order valence-corrected chi connectivity index (χ0v) is 15.7. The zero-order chi connectivity index (χ0) is 18.4. The Morgan fingerprint density at radius 2 is 1.00 bits per heavy atom. The highest BCUT2D eigenvalue weighted by Gasteiger charge is 2.21. The van der Waals surface area contributed by atoms with Gasteiger partial charge in [-0.25, -0.2) is 0 Å². The Morgan fingerprint density at radius 3 is 1.48 bits per heavy atom. The van der Waals surface area contributed by atoms with Crippen molar-refractivity contribution in [3.63, 3.8) is 0 Å². The highest BCUT2D eigenvalue weighted by molar-refractivity contribution is 5.99. The summed E-state index contributed by atoms with van der Waals surface area (Å²) >= 11 is 0. The normalized spacial score (nSPS) is 13.9. The Labute approximate surface area is 160 Å². The van der Waals surface area contributed by atoms with E-state index in [1.807, 2.05) is 0 Å². The van der Waals surface area contributed by atoms with Crippen molar-refractivity contribution in [1.29, 1.82) is 0 Å². The Bertz CT molecular complexity index is 1100. The maximum Gasteiger partial charge on any atom is 0.0990 e. The van der Waals surface area contributed by atoms with E-state index in [2.05, 4.69) is 109 Å². The SMILES string of the molecule is Cc1ccc2ccccc2c1N1C=CN(c2c(C)ccc3ccccc23)C1. The Hall–Kier alpha value is -3.26. The first-order chi connectivity index (χ1) is 13.2. The van der Waals surface area contributed by atoms with Gasteiger partial charge in [-0.2, -0.15) is 0 Å². The minimum atomic E-state index is 0.823. The van der Waals surface area contributed by atoms with E-state index in [0.717, 1.165) is 6.67 Å². The van der Waals surface area contributed by atoms with Crippen LogP contribution >= 0.6 is 0 Å². The summed E-state index contributed by atoms with van der Waals surface area (Å²) in [5.41, 5.74) is 5.19. The fraction of sp³-hybridized carbons (Fsp3) is 0.120. The van der Waals surface area contributed by atoms with Crippen molar-refractivity contribution >= 4 is 32.9 Å². The molecular formula is C25H22N2. The van der Waals surface area contributed by atoms with Gasteiger partial charge in [0.2, 0.25) is 0 Å². The van der Waals surface area contributed by atoms with E-state index in [1.54, 1.807) is 0 Å². The molecule has 0 aliphatic carbocycles. The van der Waals surface area contributed by atoms with E-state index in [1.165, 1.54) is 44.0 Å². The van der Waals surface area contributed by atoms with Crippen LogP contribution in [-0.2, 0) is 0 Å². The molecule has 2 nitrogen and oxygen atoms in total. The van der Waals surface area contributed by atoms with Crippen LogP contribution in [0, 0.1) is 13.8 Å². The molecule has 0 saturated heterocycles. The molecule has 132 valence electrons. The third-order valence-electron chi connectivity index (χ3n) is 5.51. The number of aryl methyl sites for hydroxylation is 2. The Morgan fingerprint density at radius 1 is 0.556 bits per heavy atom. The predicted octanol–water partition coefficient (Wildman–Crippen LogP) is 6.37. The van der Waals surface area contributed by atoms with Crippen molar-refractivity contribution in [3.05, 3.63) is 96.3 Å². The molecule has 0 N–H and O–H groups in total. The summed E-state index contributed by atoms with van der Waals surface area (Å²) in [5, 5.41) is 5.18. The van der Waals surface area contributed by atoms with Crippen LogP contribution < -0.4 is 9.80 Å². The second-order valence-corrected chi connectivity index (χ2v) is 7.28. The molecule has 0 unspecified atom stereocenters. The standard InChI is InChI=1S/C25H22N2/c1-18-11-13-20-7-3-5-9-22(20)24(18)26-15-16-27(17-26)25-19(2)12-14-21-8-4-6-10-23(21)25/h3-16H,17H2,1-2H3. The first kappa shape index (κ1) is 16.0. The van der Waals surface area contributed by atoms with Gasteiger partial charge in [0.25, 0.3) is 0 Å². The molecule has 2 heteroatoms. The van der Waals surface area contributed by atoms with Gasteiger partial charge < -0.3 is 9.80 Å². The smallest absolute Gasteiger partial charge is 0.0990 e. The second-order valence-electron chi connectivity index (χ2n) is 7.28. The van der Waals surface area contributed by atoms with E-state index in [4.69, 9.17) is 0 Å². The van der Waals surface area contributed by atoms with Gasteiger partial charge in [-0.15, -0.1) is 0 Å².